The lowest BCUT2D eigenvalue weighted by atomic mass is 9.54. The number of hydrogen-bond acceptors (Lipinski definition) is 3. The van der Waals surface area contributed by atoms with Gasteiger partial charge in [0, 0.05) is 5.69 Å². The molecule has 0 radical (unpaired) electrons. The topological polar surface area (TPSA) is 66.5 Å². The van der Waals surface area contributed by atoms with E-state index in [4.69, 9.17) is 23.2 Å². The van der Waals surface area contributed by atoms with E-state index in [9.17, 15) is 14.4 Å². The summed E-state index contributed by atoms with van der Waals surface area (Å²) in [6, 6.07) is 20.5. The fraction of sp³-hybridized carbons (Fsp3) is 0.250. The maximum atomic E-state index is 13.8. The number of alkyl halides is 2. The third-order valence-electron chi connectivity index (χ3n) is 7.86. The van der Waals surface area contributed by atoms with Crippen molar-refractivity contribution in [1.82, 2.24) is 4.90 Å². The van der Waals surface area contributed by atoms with Gasteiger partial charge < -0.3 is 5.32 Å². The number of halogens is 2. The molecule has 7 heteroatoms. The van der Waals surface area contributed by atoms with Gasteiger partial charge in [0.05, 0.1) is 11.8 Å². The number of carbonyl (C=O) groups excluding carboxylic acids is 3. The fourth-order valence-corrected chi connectivity index (χ4v) is 7.20. The summed E-state index contributed by atoms with van der Waals surface area (Å²) in [4.78, 5) is 39.1. The number of nitrogens with zero attached hydrogens (tertiary/aromatic N) is 1. The Balaban J connectivity index is 1.42. The van der Waals surface area contributed by atoms with Crippen molar-refractivity contribution in [1.29, 1.82) is 0 Å². The van der Waals surface area contributed by atoms with Crippen LogP contribution in [-0.2, 0) is 24.1 Å². The highest BCUT2D eigenvalue weighted by Gasteiger charge is 2.73. The van der Waals surface area contributed by atoms with Crippen LogP contribution in [0.15, 0.2) is 66.7 Å². The Labute approximate surface area is 213 Å². The number of imide groups is 1. The second-order valence-electron chi connectivity index (χ2n) is 9.53. The summed E-state index contributed by atoms with van der Waals surface area (Å²) in [6.45, 7) is 3.46. The average molecular weight is 505 g/mol. The highest BCUT2D eigenvalue weighted by atomic mass is 35.5. The van der Waals surface area contributed by atoms with E-state index >= 15 is 0 Å². The number of rotatable bonds is 3. The van der Waals surface area contributed by atoms with E-state index in [0.29, 0.717) is 5.69 Å². The molecule has 2 bridgehead atoms. The van der Waals surface area contributed by atoms with Gasteiger partial charge in [-0.05, 0) is 53.3 Å². The lowest BCUT2D eigenvalue weighted by Gasteiger charge is -2.54. The minimum atomic E-state index is -1.25. The van der Waals surface area contributed by atoms with E-state index < -0.39 is 45.9 Å². The van der Waals surface area contributed by atoms with E-state index in [2.05, 4.69) is 5.32 Å². The second kappa shape index (κ2) is 7.42. The maximum absolute atomic E-state index is 13.8. The van der Waals surface area contributed by atoms with Crippen LogP contribution in [0.3, 0.4) is 0 Å². The largest absolute Gasteiger partial charge is 0.324 e. The van der Waals surface area contributed by atoms with Crippen molar-refractivity contribution in [2.75, 3.05) is 11.9 Å². The maximum Gasteiger partial charge on any atom is 0.244 e. The van der Waals surface area contributed by atoms with Gasteiger partial charge in [-0.1, -0.05) is 60.7 Å². The van der Waals surface area contributed by atoms with E-state index in [0.717, 1.165) is 38.3 Å². The quantitative estimate of drug-likeness (QED) is 0.410. The van der Waals surface area contributed by atoms with Crippen molar-refractivity contribution in [3.05, 3.63) is 100 Å². The van der Waals surface area contributed by atoms with Gasteiger partial charge >= 0.3 is 0 Å². The van der Waals surface area contributed by atoms with E-state index in [-0.39, 0.29) is 0 Å². The standard InChI is InChI=1S/C28H22Cl2N2O3/c1-15-8-7-13-21(16(15)2)31-22(33)14-32-25(34)23-24(26(32)35)28(30)18-10-4-3-9-17(18)27(23,29)19-11-5-6-12-20(19)28/h3-13,23-24H,14H2,1-2H3,(H,31,33)/t23-,24-,27?,28?/m1/s1. The van der Waals surface area contributed by atoms with Gasteiger partial charge in [0.1, 0.15) is 16.3 Å². The van der Waals surface area contributed by atoms with Crippen molar-refractivity contribution in [3.63, 3.8) is 0 Å². The first kappa shape index (κ1) is 22.3. The number of amides is 3. The van der Waals surface area contributed by atoms with Crippen molar-refractivity contribution < 1.29 is 14.4 Å². The minimum absolute atomic E-state index is 0.398. The predicted molar refractivity (Wildman–Crippen MR) is 134 cm³/mol. The first-order valence-electron chi connectivity index (χ1n) is 11.5. The molecule has 0 unspecified atom stereocenters. The summed E-state index contributed by atoms with van der Waals surface area (Å²) in [5.74, 6) is -3.21. The molecule has 3 aromatic rings. The fourth-order valence-electron chi connectivity index (χ4n) is 6.10. The van der Waals surface area contributed by atoms with E-state index in [1.54, 1.807) is 6.07 Å². The van der Waals surface area contributed by atoms with Gasteiger partial charge in [-0.2, -0.15) is 0 Å². The van der Waals surface area contributed by atoms with Crippen molar-refractivity contribution in [2.24, 2.45) is 11.8 Å². The number of carbonyl (C=O) groups is 3. The summed E-state index contributed by atoms with van der Waals surface area (Å²) in [5.41, 5.74) is 5.55. The Kier molecular flexibility index (Phi) is 4.73. The lowest BCUT2D eigenvalue weighted by Crippen LogP contribution is -2.57. The predicted octanol–water partition coefficient (Wildman–Crippen LogP) is 4.84. The summed E-state index contributed by atoms with van der Waals surface area (Å²) < 4.78 is 0. The summed E-state index contributed by atoms with van der Waals surface area (Å²) in [7, 11) is 0. The van der Waals surface area contributed by atoms with Crippen LogP contribution in [0.4, 0.5) is 5.69 Å². The van der Waals surface area contributed by atoms with E-state index in [1.165, 1.54) is 0 Å². The molecule has 4 aliphatic rings. The molecule has 1 saturated heterocycles. The van der Waals surface area contributed by atoms with Crippen molar-refractivity contribution in [2.45, 2.75) is 23.6 Å². The van der Waals surface area contributed by atoms with Crippen LogP contribution in [0.2, 0.25) is 0 Å². The SMILES string of the molecule is Cc1cccc(NC(=O)CN2C(=O)[C@H]3[C@H](C2=O)C2(Cl)c4ccccc4C3(Cl)c3ccccc32)c1C. The molecule has 1 N–H and O–H groups in total. The molecule has 1 heterocycles. The number of likely N-dealkylation sites (tertiary alicyclic amines) is 1. The Morgan fingerprint density at radius 1 is 0.800 bits per heavy atom. The number of hydrogen-bond donors (Lipinski definition) is 1. The molecular weight excluding hydrogens is 483 g/mol. The summed E-state index contributed by atoms with van der Waals surface area (Å²) in [5, 5.41) is 2.84. The molecule has 5 nitrogen and oxygen atoms in total. The Hall–Kier alpha value is -3.15. The van der Waals surface area contributed by atoms with Gasteiger partial charge in [-0.15, -0.1) is 23.2 Å². The number of nitrogens with one attached hydrogen (secondary N) is 1. The first-order chi connectivity index (χ1) is 16.7. The average Bonchev–Trinajstić information content (AvgIpc) is 3.11. The highest BCUT2D eigenvalue weighted by molar-refractivity contribution is 6.36. The van der Waals surface area contributed by atoms with Crippen LogP contribution >= 0.6 is 23.2 Å². The van der Waals surface area contributed by atoms with Crippen LogP contribution < -0.4 is 5.32 Å². The Bertz CT molecular complexity index is 1330. The molecule has 0 aromatic heterocycles. The smallest absolute Gasteiger partial charge is 0.244 e. The normalized spacial score (nSPS) is 27.9. The van der Waals surface area contributed by atoms with Crippen molar-refractivity contribution in [3.8, 4) is 0 Å². The zero-order valence-electron chi connectivity index (χ0n) is 19.1. The molecule has 3 aliphatic carbocycles. The molecule has 3 aromatic carbocycles. The van der Waals surface area contributed by atoms with Gasteiger partial charge in [-0.25, -0.2) is 0 Å². The van der Waals surface area contributed by atoms with Crippen LogP contribution in [0.5, 0.6) is 0 Å². The molecular formula is C28H22Cl2N2O3. The zero-order valence-corrected chi connectivity index (χ0v) is 20.7. The van der Waals surface area contributed by atoms with E-state index in [1.807, 2.05) is 74.5 Å². The first-order valence-corrected chi connectivity index (χ1v) is 12.3. The molecule has 2 atom stereocenters. The molecule has 1 fully saturated rings. The van der Waals surface area contributed by atoms with Crippen LogP contribution in [0.25, 0.3) is 0 Å². The Morgan fingerprint density at radius 3 is 1.71 bits per heavy atom. The van der Waals surface area contributed by atoms with Crippen LogP contribution in [0.1, 0.15) is 33.4 Å². The number of benzene rings is 3. The third-order valence-corrected chi connectivity index (χ3v) is 9.14. The number of aryl methyl sites for hydroxylation is 1. The molecule has 0 saturated carbocycles. The summed E-state index contributed by atoms with van der Waals surface area (Å²) in [6.07, 6.45) is 0. The minimum Gasteiger partial charge on any atom is -0.324 e. The molecule has 1 aliphatic heterocycles. The lowest BCUT2D eigenvalue weighted by molar-refractivity contribution is -0.142. The van der Waals surface area contributed by atoms with Crippen molar-refractivity contribution >= 4 is 46.6 Å². The third kappa shape index (κ3) is 2.74. The molecule has 3 amide bonds. The highest BCUT2D eigenvalue weighted by Crippen LogP contribution is 2.69. The monoisotopic (exact) mass is 504 g/mol. The molecule has 35 heavy (non-hydrogen) atoms. The van der Waals surface area contributed by atoms with Crippen LogP contribution in [0, 0.1) is 25.7 Å². The zero-order chi connectivity index (χ0) is 24.7. The number of anilines is 1. The Morgan fingerprint density at radius 2 is 1.26 bits per heavy atom. The van der Waals surface area contributed by atoms with Gasteiger partial charge in [-0.3, -0.25) is 19.3 Å². The van der Waals surface area contributed by atoms with Gasteiger partial charge in [0.25, 0.3) is 0 Å². The molecule has 7 rings (SSSR count). The molecule has 176 valence electrons. The van der Waals surface area contributed by atoms with Gasteiger partial charge in [0.2, 0.25) is 17.7 Å². The van der Waals surface area contributed by atoms with Crippen LogP contribution in [-0.4, -0.2) is 29.2 Å². The molecule has 0 spiro atoms. The van der Waals surface area contributed by atoms with Gasteiger partial charge in [0.15, 0.2) is 0 Å². The second-order valence-corrected chi connectivity index (χ2v) is 10.7. The summed E-state index contributed by atoms with van der Waals surface area (Å²) >= 11 is 14.8.